The van der Waals surface area contributed by atoms with Crippen LogP contribution in [0.3, 0.4) is 0 Å². The first-order valence-electron chi connectivity index (χ1n) is 42.4. The van der Waals surface area contributed by atoms with Gasteiger partial charge in [-0.2, -0.15) is 0 Å². The maximum Gasteiger partial charge on any atom is 0.472 e. The Morgan fingerprint density at radius 2 is 0.482 bits per heavy atom. The number of ether oxygens (including phenoxy) is 4. The largest absolute Gasteiger partial charge is 0.472 e. The number of carbonyl (C=O) groups excluding carboxylic acids is 4. The van der Waals surface area contributed by atoms with Crippen molar-refractivity contribution in [3.63, 3.8) is 0 Å². The van der Waals surface area contributed by atoms with Gasteiger partial charge in [-0.15, -0.1) is 0 Å². The number of aliphatic hydroxyl groups excluding tert-OH is 1. The minimum Gasteiger partial charge on any atom is -0.462 e. The molecule has 626 valence electrons. The van der Waals surface area contributed by atoms with Crippen LogP contribution in [-0.4, -0.2) is 96.7 Å². The van der Waals surface area contributed by atoms with E-state index < -0.39 is 97.5 Å². The number of aliphatic hydroxyl groups is 1. The first kappa shape index (κ1) is 104. The van der Waals surface area contributed by atoms with Crippen LogP contribution in [0.5, 0.6) is 0 Å². The smallest absolute Gasteiger partial charge is 0.462 e. The monoisotopic (exact) mass is 1580 g/mol. The van der Waals surface area contributed by atoms with Gasteiger partial charge in [0, 0.05) is 25.7 Å². The highest BCUT2D eigenvalue weighted by Crippen LogP contribution is 2.45. The van der Waals surface area contributed by atoms with Gasteiger partial charge in [0.05, 0.1) is 26.4 Å². The molecule has 0 aliphatic heterocycles. The van der Waals surface area contributed by atoms with Gasteiger partial charge < -0.3 is 33.8 Å². The molecule has 0 aromatic heterocycles. The molecule has 0 radical (unpaired) electrons. The van der Waals surface area contributed by atoms with Crippen molar-refractivity contribution in [3.8, 4) is 0 Å². The van der Waals surface area contributed by atoms with E-state index in [1.165, 1.54) is 83.5 Å². The summed E-state index contributed by atoms with van der Waals surface area (Å²) < 4.78 is 68.7. The Hall–Kier alpha value is -5.58. The van der Waals surface area contributed by atoms with E-state index in [0.29, 0.717) is 32.1 Å². The second-order valence-electron chi connectivity index (χ2n) is 27.7. The summed E-state index contributed by atoms with van der Waals surface area (Å²) in [5, 5.41) is 10.7. The van der Waals surface area contributed by atoms with E-state index in [1.807, 2.05) is 12.2 Å². The molecule has 0 aliphatic carbocycles. The molecule has 0 saturated carbocycles. The zero-order chi connectivity index (χ0) is 80.3. The zero-order valence-electron chi connectivity index (χ0n) is 68.6. The first-order valence-corrected chi connectivity index (χ1v) is 45.4. The summed E-state index contributed by atoms with van der Waals surface area (Å²) in [5.41, 5.74) is 0. The maximum absolute atomic E-state index is 13.1. The predicted octanol–water partition coefficient (Wildman–Crippen LogP) is 25.3. The number of hydrogen-bond acceptors (Lipinski definition) is 15. The summed E-state index contributed by atoms with van der Waals surface area (Å²) in [6, 6.07) is 0. The van der Waals surface area contributed by atoms with E-state index in [1.54, 1.807) is 0 Å². The summed E-state index contributed by atoms with van der Waals surface area (Å²) in [7, 11) is -10.0. The van der Waals surface area contributed by atoms with Crippen LogP contribution in [0.25, 0.3) is 0 Å². The standard InChI is InChI=1S/C91H150O17P2/c1-5-9-13-17-21-25-29-33-37-40-42-45-49-52-56-60-64-68-72-76-89(94)102-81-86(107-90(95)77-73-69-65-61-57-53-47-36-32-28-24-20-16-12-8-4)83-105-109(97,98)103-79-85(92)80-104-110(99,100)106-84-87(82-101-88(93)75-71-67-63-59-55-51-48-44-39-35-31-27-23-19-15-11-7-3)108-91(96)78-74-70-66-62-58-54-50-46-43-41-38-34-30-26-22-18-14-10-6-2/h9-10,13-14,21-23,25-27,33-35,37-39,42-43,45-46,48,51-52,54,56,58-59,63,85-87,92H,5-8,11-12,15-20,24,28-32,36,40-41,44,47,49-50,53,55,57,60-62,64-84H2,1-4H3,(H,97,98)(H,99,100)/b13-9-,14-10-,25-21-,26-22-,27-23-,37-33-,38-34-,39-35-,45-42-,46-43-,51-48-,56-52-,58-54-,63-59-/t85-,86-,87-/m1/s1. The van der Waals surface area contributed by atoms with Crippen LogP contribution in [0.15, 0.2) is 170 Å². The number of phosphoric acid groups is 2. The molecule has 0 bridgehead atoms. The van der Waals surface area contributed by atoms with Gasteiger partial charge in [-0.1, -0.05) is 313 Å². The third kappa shape index (κ3) is 80.5. The fraction of sp³-hybridized carbons (Fsp3) is 0.648. The fourth-order valence-electron chi connectivity index (χ4n) is 10.8. The molecule has 0 aromatic carbocycles. The molecule has 0 saturated heterocycles. The number of unbranched alkanes of at least 4 members (excludes halogenated alkanes) is 24. The molecule has 0 heterocycles. The number of rotatable bonds is 78. The van der Waals surface area contributed by atoms with Crippen LogP contribution >= 0.6 is 15.6 Å². The summed E-state index contributed by atoms with van der Waals surface area (Å²) in [5.74, 6) is -2.32. The van der Waals surface area contributed by atoms with E-state index in [-0.39, 0.29) is 25.7 Å². The van der Waals surface area contributed by atoms with Crippen LogP contribution < -0.4 is 0 Å². The quantitative estimate of drug-likeness (QED) is 0.0169. The molecular weight excluding hydrogens is 1430 g/mol. The lowest BCUT2D eigenvalue weighted by atomic mass is 10.0. The van der Waals surface area contributed by atoms with Crippen molar-refractivity contribution in [3.05, 3.63) is 170 Å². The topological polar surface area (TPSA) is 237 Å². The van der Waals surface area contributed by atoms with E-state index in [0.717, 1.165) is 154 Å². The van der Waals surface area contributed by atoms with Gasteiger partial charge in [-0.25, -0.2) is 9.13 Å². The van der Waals surface area contributed by atoms with Crippen LogP contribution in [0.1, 0.15) is 323 Å². The Kier molecular flexibility index (Phi) is 77.3. The Morgan fingerprint density at radius 3 is 0.782 bits per heavy atom. The van der Waals surface area contributed by atoms with Crippen molar-refractivity contribution < 1.29 is 80.2 Å². The van der Waals surface area contributed by atoms with Gasteiger partial charge in [-0.05, 0) is 154 Å². The van der Waals surface area contributed by atoms with Crippen molar-refractivity contribution in [1.82, 2.24) is 0 Å². The average molecular weight is 1580 g/mol. The van der Waals surface area contributed by atoms with Crippen LogP contribution in [-0.2, 0) is 65.4 Å². The van der Waals surface area contributed by atoms with E-state index in [9.17, 15) is 43.2 Å². The van der Waals surface area contributed by atoms with Gasteiger partial charge in [0.2, 0.25) is 0 Å². The van der Waals surface area contributed by atoms with Gasteiger partial charge in [-0.3, -0.25) is 37.3 Å². The molecule has 0 aliphatic rings. The minimum atomic E-state index is -5.01. The van der Waals surface area contributed by atoms with Gasteiger partial charge in [0.25, 0.3) is 0 Å². The average Bonchev–Trinajstić information content (AvgIpc) is 0.882. The molecule has 0 amide bonds. The highest BCUT2D eigenvalue weighted by molar-refractivity contribution is 7.47. The van der Waals surface area contributed by atoms with Crippen molar-refractivity contribution in [2.75, 3.05) is 39.6 Å². The number of esters is 4. The molecule has 0 spiro atoms. The molecule has 17 nitrogen and oxygen atoms in total. The van der Waals surface area contributed by atoms with Crippen LogP contribution in [0, 0.1) is 0 Å². The van der Waals surface area contributed by atoms with Gasteiger partial charge in [0.15, 0.2) is 12.2 Å². The molecule has 19 heteroatoms. The van der Waals surface area contributed by atoms with Gasteiger partial charge in [0.1, 0.15) is 19.3 Å². The third-order valence-electron chi connectivity index (χ3n) is 17.2. The van der Waals surface area contributed by atoms with Gasteiger partial charge >= 0.3 is 39.5 Å². The van der Waals surface area contributed by atoms with Crippen LogP contribution in [0.2, 0.25) is 0 Å². The Labute approximate surface area is 667 Å². The summed E-state index contributed by atoms with van der Waals surface area (Å²) >= 11 is 0. The predicted molar refractivity (Wildman–Crippen MR) is 454 cm³/mol. The zero-order valence-corrected chi connectivity index (χ0v) is 70.4. The second-order valence-corrected chi connectivity index (χ2v) is 30.6. The van der Waals surface area contributed by atoms with Crippen molar-refractivity contribution >= 4 is 39.5 Å². The van der Waals surface area contributed by atoms with Crippen molar-refractivity contribution in [2.45, 2.75) is 341 Å². The highest BCUT2D eigenvalue weighted by atomic mass is 31.2. The normalized spacial score (nSPS) is 14.6. The number of carbonyl (C=O) groups is 4. The Morgan fingerprint density at radius 1 is 0.264 bits per heavy atom. The lowest BCUT2D eigenvalue weighted by molar-refractivity contribution is -0.161. The molecule has 110 heavy (non-hydrogen) atoms. The third-order valence-corrected chi connectivity index (χ3v) is 19.1. The Bertz CT molecular complexity index is 2750. The molecule has 0 aromatic rings. The first-order chi connectivity index (χ1) is 53.7. The second kappa shape index (κ2) is 81.4. The summed E-state index contributed by atoms with van der Waals surface area (Å²) in [6.45, 7) is 4.50. The number of phosphoric ester groups is 2. The maximum atomic E-state index is 13.1. The minimum absolute atomic E-state index is 0.0379. The molecule has 5 atom stereocenters. The lowest BCUT2D eigenvalue weighted by Gasteiger charge is -2.21. The summed E-state index contributed by atoms with van der Waals surface area (Å²) in [4.78, 5) is 73.2. The number of allylic oxidation sites excluding steroid dienone is 28. The van der Waals surface area contributed by atoms with E-state index in [2.05, 4.69) is 186 Å². The molecular formula is C91H150O17P2. The lowest BCUT2D eigenvalue weighted by Crippen LogP contribution is -2.30. The van der Waals surface area contributed by atoms with Crippen molar-refractivity contribution in [1.29, 1.82) is 0 Å². The fourth-order valence-corrected chi connectivity index (χ4v) is 12.4. The van der Waals surface area contributed by atoms with E-state index in [4.69, 9.17) is 37.0 Å². The molecule has 3 N–H and O–H groups in total. The number of hydrogen-bond donors (Lipinski definition) is 3. The molecule has 2 unspecified atom stereocenters. The van der Waals surface area contributed by atoms with Crippen LogP contribution in [0.4, 0.5) is 0 Å². The SMILES string of the molecule is CC/C=C\C/C=C\C/C=C\C/C=C\C/C=C\CCCCCC(=O)OC[C@H](COP(=O)(O)OC[C@@H](O)COP(=O)(O)OC[C@@H](COC(=O)CCC/C=C\C/C=C\C/C=C\C/C=C\CCCCC)OC(=O)CCCCC/C=C\C/C=C\C/C=C\C/C=C\C/C=C\CC)OC(=O)CCCCCCCCCCCCCCCCC. The summed E-state index contributed by atoms with van der Waals surface area (Å²) in [6.07, 6.45) is 97.5. The van der Waals surface area contributed by atoms with E-state index >= 15 is 0 Å². The molecule has 0 rings (SSSR count). The highest BCUT2D eigenvalue weighted by Gasteiger charge is 2.30. The molecule has 0 fully saturated rings. The van der Waals surface area contributed by atoms with Crippen molar-refractivity contribution in [2.24, 2.45) is 0 Å². The Balaban J connectivity index is 5.50.